The van der Waals surface area contributed by atoms with Crippen molar-refractivity contribution in [1.82, 2.24) is 0 Å². The van der Waals surface area contributed by atoms with Crippen LogP contribution in [-0.4, -0.2) is 35.8 Å². The number of benzene rings is 2. The molecule has 0 amide bonds. The molecule has 0 spiro atoms. The molecule has 0 bridgehead atoms. The lowest BCUT2D eigenvalue weighted by atomic mass is 9.92. The quantitative estimate of drug-likeness (QED) is 0.277. The van der Waals surface area contributed by atoms with E-state index in [1.54, 1.807) is 0 Å². The molecule has 0 atom stereocenters. The van der Waals surface area contributed by atoms with Crippen LogP contribution >= 0.6 is 0 Å². The predicted octanol–water partition coefficient (Wildman–Crippen LogP) is 1.13. The van der Waals surface area contributed by atoms with E-state index < -0.39 is 63.1 Å². The maximum atomic E-state index is 11.8. The summed E-state index contributed by atoms with van der Waals surface area (Å²) in [6, 6.07) is 7.96. The largest absolute Gasteiger partial charge is 0.489 e. The molecule has 0 radical (unpaired) electrons. The van der Waals surface area contributed by atoms with E-state index in [1.165, 1.54) is 12.1 Å². The van der Waals surface area contributed by atoms with Crippen LogP contribution in [-0.2, 0) is 32.3 Å². The first-order valence-corrected chi connectivity index (χ1v) is 10.1. The second kappa shape index (κ2) is 7.23. The van der Waals surface area contributed by atoms with Crippen LogP contribution in [0.15, 0.2) is 58.3 Å². The van der Waals surface area contributed by atoms with Crippen molar-refractivity contribution in [1.29, 1.82) is 0 Å². The number of hydrogen-bond acceptors (Lipinski definition) is 8. The summed E-state index contributed by atoms with van der Waals surface area (Å²) in [4.78, 5) is 18.9. The first-order chi connectivity index (χ1) is 12.8. The summed E-state index contributed by atoms with van der Waals surface area (Å²) in [5.41, 5.74) is -4.84. The van der Waals surface area contributed by atoms with Crippen molar-refractivity contribution < 1.29 is 35.8 Å². The molecule has 0 aliphatic rings. The van der Waals surface area contributed by atoms with Crippen molar-refractivity contribution in [2.24, 2.45) is 0 Å². The van der Waals surface area contributed by atoms with E-state index in [9.17, 15) is 46.2 Å². The van der Waals surface area contributed by atoms with Gasteiger partial charge in [-0.2, -0.15) is 16.8 Å². The van der Waals surface area contributed by atoms with Crippen molar-refractivity contribution in [3.8, 4) is 0 Å². The average Bonchev–Trinajstić information content (AvgIpc) is 2.57. The van der Waals surface area contributed by atoms with Gasteiger partial charge in [0.1, 0.15) is 26.7 Å². The molecular weight excluding hydrogens is 420 g/mol. The highest BCUT2D eigenvalue weighted by atomic mass is 32.2. The summed E-state index contributed by atoms with van der Waals surface area (Å²) >= 11 is 0. The molecule has 0 aromatic heterocycles. The fourth-order valence-corrected chi connectivity index (χ4v) is 4.16. The molecule has 2 aromatic carbocycles. The van der Waals surface area contributed by atoms with Gasteiger partial charge in [-0.3, -0.25) is 29.3 Å². The second-order valence-corrected chi connectivity index (χ2v) is 8.34. The number of nitro groups is 2. The normalized spacial score (nSPS) is 12.5. The molecule has 14 heteroatoms. The van der Waals surface area contributed by atoms with E-state index in [2.05, 4.69) is 0 Å². The summed E-state index contributed by atoms with van der Waals surface area (Å²) in [5, 5.41) is 23.6. The van der Waals surface area contributed by atoms with Gasteiger partial charge < -0.3 is 0 Å². The summed E-state index contributed by atoms with van der Waals surface area (Å²) in [6.07, 6.45) is -1.23. The Bertz CT molecular complexity index is 1140. The maximum absolute atomic E-state index is 11.8. The van der Waals surface area contributed by atoms with E-state index in [1.807, 2.05) is 0 Å². The highest BCUT2D eigenvalue weighted by Crippen LogP contribution is 2.36. The zero-order valence-electron chi connectivity index (χ0n) is 13.7. The Kier molecular flexibility index (Phi) is 5.52. The Labute approximate surface area is 158 Å². The van der Waals surface area contributed by atoms with E-state index in [0.29, 0.717) is 0 Å². The molecule has 2 aromatic rings. The van der Waals surface area contributed by atoms with E-state index in [4.69, 9.17) is 0 Å². The molecule has 2 rings (SSSR count). The lowest BCUT2D eigenvalue weighted by Gasteiger charge is -2.20. The zero-order chi connectivity index (χ0) is 21.3. The van der Waals surface area contributed by atoms with Crippen LogP contribution in [0.25, 0.3) is 0 Å². The molecule has 0 saturated carbocycles. The highest BCUT2D eigenvalue weighted by Gasteiger charge is 2.60. The third kappa shape index (κ3) is 3.84. The first kappa shape index (κ1) is 21.4. The van der Waals surface area contributed by atoms with Crippen LogP contribution < -0.4 is 0 Å². The average molecular weight is 432 g/mol. The van der Waals surface area contributed by atoms with Crippen molar-refractivity contribution in [3.05, 3.63) is 79.9 Å². The smallest absolute Gasteiger partial charge is 0.282 e. The van der Waals surface area contributed by atoms with Gasteiger partial charge in [-0.25, -0.2) is 0 Å². The van der Waals surface area contributed by atoms with E-state index in [0.717, 1.165) is 36.4 Å². The molecule has 0 saturated heterocycles. The lowest BCUT2D eigenvalue weighted by molar-refractivity contribution is -0.810. The van der Waals surface area contributed by atoms with Gasteiger partial charge in [0, 0.05) is 0 Å². The van der Waals surface area contributed by atoms with Crippen molar-refractivity contribution >= 4 is 20.2 Å². The standard InChI is InChI=1S/C14H12N2O10S2/c17-15(18)14(16(19)20,11-6-2-4-8-13(11)28(24,25)26)9-10-5-1-3-7-12(10)27(21,22)23/h1-8H,9H2,(H,21,22,23)(H,24,25,26). The molecular formula is C14H12N2O10S2. The molecule has 0 aliphatic carbocycles. The van der Waals surface area contributed by atoms with Gasteiger partial charge in [0.15, 0.2) is 0 Å². The molecule has 12 nitrogen and oxygen atoms in total. The van der Waals surface area contributed by atoms with Crippen LogP contribution in [0.3, 0.4) is 0 Å². The Hall–Kier alpha value is -2.94. The molecule has 0 fully saturated rings. The topological polar surface area (TPSA) is 195 Å². The number of rotatable bonds is 7. The minimum absolute atomic E-state index is 0.497. The molecule has 0 unspecified atom stereocenters. The van der Waals surface area contributed by atoms with Crippen LogP contribution in [0, 0.1) is 20.2 Å². The van der Waals surface area contributed by atoms with Crippen LogP contribution in [0.1, 0.15) is 11.1 Å². The minimum Gasteiger partial charge on any atom is -0.282 e. The van der Waals surface area contributed by atoms with Gasteiger partial charge in [-0.15, -0.1) is 0 Å². The molecule has 0 heterocycles. The lowest BCUT2D eigenvalue weighted by Crippen LogP contribution is -2.46. The second-order valence-electron chi connectivity index (χ2n) is 5.56. The molecule has 28 heavy (non-hydrogen) atoms. The SMILES string of the molecule is O=[N+]([O-])C(Cc1ccccc1S(=O)(=O)O)(c1ccccc1S(=O)(=O)O)[N+](=O)[O-]. The Morgan fingerprint density at radius 2 is 1.21 bits per heavy atom. The number of nitrogens with zero attached hydrogens (tertiary/aromatic N) is 2. The van der Waals surface area contributed by atoms with Crippen molar-refractivity contribution in [2.75, 3.05) is 0 Å². The van der Waals surface area contributed by atoms with Crippen LogP contribution in [0.5, 0.6) is 0 Å². The van der Waals surface area contributed by atoms with Gasteiger partial charge in [-0.1, -0.05) is 30.3 Å². The monoisotopic (exact) mass is 432 g/mol. The van der Waals surface area contributed by atoms with Crippen LogP contribution in [0.4, 0.5) is 0 Å². The third-order valence-corrected chi connectivity index (χ3v) is 5.75. The molecule has 2 N–H and O–H groups in total. The maximum Gasteiger partial charge on any atom is 0.489 e. The fourth-order valence-electron chi connectivity index (χ4n) is 2.68. The van der Waals surface area contributed by atoms with E-state index in [-0.39, 0.29) is 0 Å². The number of hydrogen-bond donors (Lipinski definition) is 2. The van der Waals surface area contributed by atoms with E-state index >= 15 is 0 Å². The van der Waals surface area contributed by atoms with Crippen molar-refractivity contribution in [2.45, 2.75) is 21.9 Å². The summed E-state index contributed by atoms with van der Waals surface area (Å²) < 4.78 is 64.9. The summed E-state index contributed by atoms with van der Waals surface area (Å²) in [6.45, 7) is 0. The zero-order valence-corrected chi connectivity index (χ0v) is 15.3. The molecule has 0 aliphatic heterocycles. The van der Waals surface area contributed by atoms with Gasteiger partial charge in [0.25, 0.3) is 20.2 Å². The summed E-state index contributed by atoms with van der Waals surface area (Å²) in [7, 11) is -9.98. The minimum atomic E-state index is -5.09. The Morgan fingerprint density at radius 1 is 0.786 bits per heavy atom. The molecule has 150 valence electrons. The van der Waals surface area contributed by atoms with Crippen LogP contribution in [0.2, 0.25) is 0 Å². The fraction of sp³-hybridized carbons (Fsp3) is 0.143. The van der Waals surface area contributed by atoms with Gasteiger partial charge in [-0.05, 0) is 23.8 Å². The van der Waals surface area contributed by atoms with Gasteiger partial charge in [0.05, 0.1) is 4.90 Å². The Balaban J connectivity index is 2.89. The predicted molar refractivity (Wildman–Crippen MR) is 91.9 cm³/mol. The summed E-state index contributed by atoms with van der Waals surface area (Å²) in [5.74, 6) is 0. The first-order valence-electron chi connectivity index (χ1n) is 7.23. The van der Waals surface area contributed by atoms with Crippen molar-refractivity contribution in [3.63, 3.8) is 0 Å². The third-order valence-electron chi connectivity index (χ3n) is 3.89. The highest BCUT2D eigenvalue weighted by molar-refractivity contribution is 7.86. The van der Waals surface area contributed by atoms with Gasteiger partial charge >= 0.3 is 5.66 Å². The Morgan fingerprint density at radius 3 is 1.68 bits per heavy atom. The van der Waals surface area contributed by atoms with Gasteiger partial charge in [0.2, 0.25) is 0 Å².